The summed E-state index contributed by atoms with van der Waals surface area (Å²) in [5.41, 5.74) is -0.193. The van der Waals surface area contributed by atoms with E-state index in [2.05, 4.69) is 11.9 Å². The lowest BCUT2D eigenvalue weighted by atomic mass is 10.3. The molecule has 0 saturated carbocycles. The molecule has 25 heavy (non-hydrogen) atoms. The van der Waals surface area contributed by atoms with Gasteiger partial charge in [-0.25, -0.2) is 4.98 Å². The van der Waals surface area contributed by atoms with E-state index in [1.165, 1.54) is 27.7 Å². The summed E-state index contributed by atoms with van der Waals surface area (Å²) in [5.74, 6) is -0.455. The molecule has 6 nitrogen and oxygen atoms in total. The Bertz CT molecular complexity index is 770. The highest BCUT2D eigenvalue weighted by Gasteiger charge is 2.16. The zero-order chi connectivity index (χ0) is 18.2. The summed E-state index contributed by atoms with van der Waals surface area (Å²) in [5, 5.41) is 1.09. The van der Waals surface area contributed by atoms with Crippen molar-refractivity contribution < 1.29 is 14.3 Å². The fraction of sp³-hybridized carbons (Fsp3) is 0.588. The molecule has 0 unspecified atom stereocenters. The summed E-state index contributed by atoms with van der Waals surface area (Å²) in [6, 6.07) is 1.86. The predicted molar refractivity (Wildman–Crippen MR) is 102 cm³/mol. The normalized spacial score (nSPS) is 11.2. The number of fused-ring (bicyclic) bond motifs is 1. The van der Waals surface area contributed by atoms with Gasteiger partial charge in [0.15, 0.2) is 5.16 Å². The monoisotopic (exact) mass is 384 g/mol. The van der Waals surface area contributed by atoms with Crippen molar-refractivity contribution in [2.45, 2.75) is 44.8 Å². The molecule has 0 aliphatic carbocycles. The van der Waals surface area contributed by atoms with E-state index in [4.69, 9.17) is 9.47 Å². The Labute approximate surface area is 155 Å². The first-order chi connectivity index (χ1) is 12.1. The van der Waals surface area contributed by atoms with Crippen molar-refractivity contribution in [2.24, 2.45) is 0 Å². The summed E-state index contributed by atoms with van der Waals surface area (Å²) < 4.78 is 11.9. The second-order valence-electron chi connectivity index (χ2n) is 5.46. The molecule has 0 spiro atoms. The Balaban J connectivity index is 2.05. The minimum absolute atomic E-state index is 0.135. The lowest BCUT2D eigenvalue weighted by Crippen LogP contribution is -2.28. The molecule has 2 heterocycles. The van der Waals surface area contributed by atoms with E-state index in [0.717, 1.165) is 29.0 Å². The van der Waals surface area contributed by atoms with Gasteiger partial charge in [-0.05, 0) is 25.2 Å². The number of aromatic nitrogens is 2. The second kappa shape index (κ2) is 9.94. The number of hydrogen-bond donors (Lipinski definition) is 0. The van der Waals surface area contributed by atoms with E-state index in [1.807, 2.05) is 19.2 Å². The van der Waals surface area contributed by atoms with Gasteiger partial charge in [0.25, 0.3) is 5.56 Å². The van der Waals surface area contributed by atoms with Crippen LogP contribution in [0.1, 0.15) is 31.6 Å². The molecular formula is C17H24N2O4S2. The molecule has 2 aromatic rings. The molecule has 138 valence electrons. The maximum Gasteiger partial charge on any atom is 0.326 e. The molecule has 0 saturated heterocycles. The van der Waals surface area contributed by atoms with Gasteiger partial charge in [-0.3, -0.25) is 14.2 Å². The molecule has 0 amide bonds. The van der Waals surface area contributed by atoms with Crippen LogP contribution in [-0.2, 0) is 27.2 Å². The van der Waals surface area contributed by atoms with Crippen LogP contribution >= 0.6 is 23.1 Å². The van der Waals surface area contributed by atoms with E-state index in [-0.39, 0.29) is 18.7 Å². The summed E-state index contributed by atoms with van der Waals surface area (Å²) >= 11 is 2.87. The van der Waals surface area contributed by atoms with Crippen LogP contribution in [0.3, 0.4) is 0 Å². The third-order valence-corrected chi connectivity index (χ3v) is 5.47. The van der Waals surface area contributed by atoms with Gasteiger partial charge in [0, 0.05) is 11.5 Å². The molecule has 8 heteroatoms. The number of hydrogen-bond acceptors (Lipinski definition) is 7. The van der Waals surface area contributed by atoms with E-state index in [0.29, 0.717) is 23.8 Å². The molecule has 0 aliphatic heterocycles. The van der Waals surface area contributed by atoms with Crippen molar-refractivity contribution in [2.75, 3.05) is 26.1 Å². The molecule has 0 aliphatic rings. The fourth-order valence-corrected chi connectivity index (χ4v) is 3.82. The van der Waals surface area contributed by atoms with Crippen molar-refractivity contribution in [3.8, 4) is 0 Å². The van der Waals surface area contributed by atoms with Crippen molar-refractivity contribution >= 4 is 39.3 Å². The number of unbranched alkanes of at least 4 members (excludes halogenated alkanes) is 1. The maximum atomic E-state index is 12.7. The zero-order valence-corrected chi connectivity index (χ0v) is 16.5. The van der Waals surface area contributed by atoms with E-state index >= 15 is 0 Å². The van der Waals surface area contributed by atoms with Crippen LogP contribution in [-0.4, -0.2) is 41.6 Å². The Morgan fingerprint density at radius 1 is 1.32 bits per heavy atom. The Morgan fingerprint density at radius 3 is 2.80 bits per heavy atom. The molecule has 0 radical (unpaired) electrons. The lowest BCUT2D eigenvalue weighted by molar-refractivity contribution is -0.146. The smallest absolute Gasteiger partial charge is 0.326 e. The van der Waals surface area contributed by atoms with Gasteiger partial charge < -0.3 is 9.47 Å². The number of aryl methyl sites for hydroxylation is 1. The standard InChI is InChI=1S/C17H24N2O4S2/c1-4-6-7-22-8-9-23-14(20)11-19-16(21)13-10-12(5-2)25-15(13)18-17(19)24-3/h10H,4-9,11H2,1-3H3. The van der Waals surface area contributed by atoms with Crippen LogP contribution in [0, 0.1) is 0 Å². The van der Waals surface area contributed by atoms with Crippen molar-refractivity contribution in [1.82, 2.24) is 9.55 Å². The Hall–Kier alpha value is -1.38. The van der Waals surface area contributed by atoms with Crippen molar-refractivity contribution in [3.63, 3.8) is 0 Å². The Morgan fingerprint density at radius 2 is 2.12 bits per heavy atom. The molecule has 0 N–H and O–H groups in total. The Kier molecular flexibility index (Phi) is 7.92. The SMILES string of the molecule is CCCCOCCOC(=O)Cn1c(SC)nc2sc(CC)cc2c1=O. The number of rotatable bonds is 10. The number of nitrogens with zero attached hydrogens (tertiary/aromatic N) is 2. The highest BCUT2D eigenvalue weighted by atomic mass is 32.2. The number of esters is 1. The summed E-state index contributed by atoms with van der Waals surface area (Å²) in [6.45, 7) is 5.23. The van der Waals surface area contributed by atoms with Gasteiger partial charge in [-0.1, -0.05) is 32.0 Å². The van der Waals surface area contributed by atoms with Crippen LogP contribution in [0.4, 0.5) is 0 Å². The third kappa shape index (κ3) is 5.29. The van der Waals surface area contributed by atoms with Gasteiger partial charge >= 0.3 is 5.97 Å². The molecule has 0 aromatic carbocycles. The summed E-state index contributed by atoms with van der Waals surface area (Å²) in [7, 11) is 0. The van der Waals surface area contributed by atoms with Gasteiger partial charge in [-0.2, -0.15) is 0 Å². The zero-order valence-electron chi connectivity index (χ0n) is 14.9. The van der Waals surface area contributed by atoms with Crippen LogP contribution < -0.4 is 5.56 Å². The van der Waals surface area contributed by atoms with Crippen molar-refractivity contribution in [3.05, 3.63) is 21.3 Å². The van der Waals surface area contributed by atoms with Crippen LogP contribution in [0.15, 0.2) is 16.0 Å². The predicted octanol–water partition coefficient (Wildman–Crippen LogP) is 3.10. The molecule has 0 fully saturated rings. The topological polar surface area (TPSA) is 70.4 Å². The number of thioether (sulfide) groups is 1. The van der Waals surface area contributed by atoms with E-state index in [1.54, 1.807) is 0 Å². The summed E-state index contributed by atoms with van der Waals surface area (Å²) in [4.78, 5) is 31.1. The average Bonchev–Trinajstić information content (AvgIpc) is 3.03. The third-order valence-electron chi connectivity index (χ3n) is 3.62. The van der Waals surface area contributed by atoms with Crippen LogP contribution in [0.5, 0.6) is 0 Å². The number of thiophene rings is 1. The van der Waals surface area contributed by atoms with Crippen LogP contribution in [0.2, 0.25) is 0 Å². The fourth-order valence-electron chi connectivity index (χ4n) is 2.25. The second-order valence-corrected chi connectivity index (χ2v) is 7.35. The van der Waals surface area contributed by atoms with E-state index < -0.39 is 5.97 Å². The average molecular weight is 385 g/mol. The first-order valence-electron chi connectivity index (χ1n) is 8.41. The van der Waals surface area contributed by atoms with Gasteiger partial charge in [0.05, 0.1) is 12.0 Å². The van der Waals surface area contributed by atoms with Gasteiger partial charge in [0.2, 0.25) is 0 Å². The minimum Gasteiger partial charge on any atom is -0.462 e. The van der Waals surface area contributed by atoms with Gasteiger partial charge in [0.1, 0.15) is 18.0 Å². The minimum atomic E-state index is -0.455. The quantitative estimate of drug-likeness (QED) is 0.271. The number of ether oxygens (including phenoxy) is 2. The lowest BCUT2D eigenvalue weighted by Gasteiger charge is -2.10. The maximum absolute atomic E-state index is 12.7. The first-order valence-corrected chi connectivity index (χ1v) is 10.4. The first kappa shape index (κ1) is 19.9. The van der Waals surface area contributed by atoms with Crippen molar-refractivity contribution in [1.29, 1.82) is 0 Å². The molecule has 0 atom stereocenters. The molecule has 2 aromatic heterocycles. The number of carbonyl (C=O) groups is 1. The molecular weight excluding hydrogens is 360 g/mol. The van der Waals surface area contributed by atoms with Crippen LogP contribution in [0.25, 0.3) is 10.2 Å². The number of carbonyl (C=O) groups excluding carboxylic acids is 1. The highest BCUT2D eigenvalue weighted by molar-refractivity contribution is 7.98. The van der Waals surface area contributed by atoms with E-state index in [9.17, 15) is 9.59 Å². The molecule has 0 bridgehead atoms. The highest BCUT2D eigenvalue weighted by Crippen LogP contribution is 2.24. The summed E-state index contributed by atoms with van der Waals surface area (Å²) in [6.07, 6.45) is 4.75. The molecule has 2 rings (SSSR count). The largest absolute Gasteiger partial charge is 0.462 e. The van der Waals surface area contributed by atoms with Gasteiger partial charge in [-0.15, -0.1) is 11.3 Å².